The Hall–Kier alpha value is -1.84. The molecule has 0 radical (unpaired) electrons. The summed E-state index contributed by atoms with van der Waals surface area (Å²) < 4.78 is 26.6. The number of rotatable bonds is 6. The van der Waals surface area contributed by atoms with Crippen molar-refractivity contribution in [2.45, 2.75) is 37.9 Å². The summed E-state index contributed by atoms with van der Waals surface area (Å²) in [4.78, 5) is 16.7. The molecule has 0 aliphatic carbocycles. The van der Waals surface area contributed by atoms with E-state index in [9.17, 15) is 13.2 Å². The van der Waals surface area contributed by atoms with Crippen molar-refractivity contribution >= 4 is 27.7 Å². The minimum atomic E-state index is -3.15. The average Bonchev–Trinajstić information content (AvgIpc) is 3.07. The molecule has 1 aromatic heterocycles. The quantitative estimate of drug-likeness (QED) is 0.721. The van der Waals surface area contributed by atoms with Gasteiger partial charge in [0.05, 0.1) is 12.0 Å². The van der Waals surface area contributed by atoms with Gasteiger partial charge in [-0.05, 0) is 49.9 Å². The predicted octanol–water partition coefficient (Wildman–Crippen LogP) is 2.12. The van der Waals surface area contributed by atoms with Crippen molar-refractivity contribution in [2.75, 3.05) is 25.1 Å². The van der Waals surface area contributed by atoms with Gasteiger partial charge in [-0.2, -0.15) is 0 Å². The lowest BCUT2D eigenvalue weighted by atomic mass is 10.1. The maximum absolute atomic E-state index is 12.3. The zero-order valence-corrected chi connectivity index (χ0v) is 18.0. The van der Waals surface area contributed by atoms with Crippen LogP contribution in [0.25, 0.3) is 5.69 Å². The second-order valence-corrected chi connectivity index (χ2v) is 10.1. The first-order chi connectivity index (χ1) is 13.2. The Kier molecular flexibility index (Phi) is 6.47. The lowest BCUT2D eigenvalue weighted by Crippen LogP contribution is -2.46. The molecular weight excluding hydrogens is 396 g/mol. The van der Waals surface area contributed by atoms with Crippen molar-refractivity contribution in [1.29, 1.82) is 0 Å². The van der Waals surface area contributed by atoms with Crippen LogP contribution in [0.15, 0.2) is 35.7 Å². The number of amides is 1. The van der Waals surface area contributed by atoms with Gasteiger partial charge in [-0.3, -0.25) is 9.36 Å². The van der Waals surface area contributed by atoms with Crippen LogP contribution in [0.1, 0.15) is 24.0 Å². The third-order valence-electron chi connectivity index (χ3n) is 4.71. The highest BCUT2D eigenvalue weighted by Gasteiger charge is 2.25. The summed E-state index contributed by atoms with van der Waals surface area (Å²) in [6, 6.07) is 6.32. The number of imidazole rings is 1. The fourth-order valence-corrected chi connectivity index (χ4v) is 5.07. The van der Waals surface area contributed by atoms with Gasteiger partial charge in [-0.15, -0.1) is 0 Å². The van der Waals surface area contributed by atoms with Crippen LogP contribution in [0, 0.1) is 13.8 Å². The Morgan fingerprint density at radius 3 is 2.46 bits per heavy atom. The Labute approximate surface area is 170 Å². The van der Waals surface area contributed by atoms with E-state index < -0.39 is 10.0 Å². The van der Waals surface area contributed by atoms with E-state index in [4.69, 9.17) is 0 Å². The van der Waals surface area contributed by atoms with Crippen LogP contribution in [0.3, 0.4) is 0 Å². The van der Waals surface area contributed by atoms with Crippen molar-refractivity contribution in [3.05, 3.63) is 41.7 Å². The van der Waals surface area contributed by atoms with Crippen molar-refractivity contribution in [3.63, 3.8) is 0 Å². The largest absolute Gasteiger partial charge is 0.353 e. The molecule has 0 atom stereocenters. The smallest absolute Gasteiger partial charge is 0.230 e. The standard InChI is InChI=1S/C19H26N4O3S2/c1-14-10-15(2)12-17(11-14)23-9-6-20-19(23)27-13-18(24)21-16-4-7-22(8-5-16)28(3,25)26/h6,9-12,16H,4-5,7-8,13H2,1-3H3,(H,21,24). The lowest BCUT2D eigenvalue weighted by Gasteiger charge is -2.30. The molecule has 152 valence electrons. The van der Waals surface area contributed by atoms with Crippen molar-refractivity contribution in [1.82, 2.24) is 19.2 Å². The molecule has 9 heteroatoms. The summed E-state index contributed by atoms with van der Waals surface area (Å²) in [5.41, 5.74) is 3.39. The first kappa shape index (κ1) is 20.9. The fourth-order valence-electron chi connectivity index (χ4n) is 3.41. The van der Waals surface area contributed by atoms with Crippen LogP contribution >= 0.6 is 11.8 Å². The van der Waals surface area contributed by atoms with Gasteiger partial charge < -0.3 is 5.32 Å². The number of hydrogen-bond donors (Lipinski definition) is 1. The molecule has 0 unspecified atom stereocenters. The van der Waals surface area contributed by atoms with Crippen molar-refractivity contribution in [3.8, 4) is 5.69 Å². The number of nitrogens with zero attached hydrogens (tertiary/aromatic N) is 3. The summed E-state index contributed by atoms with van der Waals surface area (Å²) in [5, 5.41) is 3.78. The molecule has 1 saturated heterocycles. The molecule has 0 saturated carbocycles. The molecule has 0 spiro atoms. The molecule has 2 aromatic rings. The average molecular weight is 423 g/mol. The molecule has 1 N–H and O–H groups in total. The van der Waals surface area contributed by atoms with E-state index in [0.717, 1.165) is 10.8 Å². The zero-order valence-electron chi connectivity index (χ0n) is 16.4. The molecular formula is C19H26N4O3S2. The fraction of sp³-hybridized carbons (Fsp3) is 0.474. The number of carbonyl (C=O) groups excluding carboxylic acids is 1. The number of aryl methyl sites for hydroxylation is 2. The van der Waals surface area contributed by atoms with Gasteiger partial charge in [-0.1, -0.05) is 17.8 Å². The van der Waals surface area contributed by atoms with E-state index in [-0.39, 0.29) is 17.7 Å². The molecule has 1 aliphatic rings. The number of benzene rings is 1. The van der Waals surface area contributed by atoms with Crippen LogP contribution in [0.2, 0.25) is 0 Å². The summed E-state index contributed by atoms with van der Waals surface area (Å²) >= 11 is 1.40. The van der Waals surface area contributed by atoms with Crippen molar-refractivity contribution < 1.29 is 13.2 Å². The number of hydrogen-bond acceptors (Lipinski definition) is 5. The van der Waals surface area contributed by atoms with E-state index in [1.165, 1.54) is 33.4 Å². The van der Waals surface area contributed by atoms with Gasteiger partial charge in [0.15, 0.2) is 5.16 Å². The number of thioether (sulfide) groups is 1. The number of aromatic nitrogens is 2. The molecule has 0 bridgehead atoms. The molecule has 7 nitrogen and oxygen atoms in total. The van der Waals surface area contributed by atoms with Crippen LogP contribution in [-0.2, 0) is 14.8 Å². The summed E-state index contributed by atoms with van der Waals surface area (Å²) in [6.45, 7) is 5.02. The molecule has 1 aromatic carbocycles. The van der Waals surface area contributed by atoms with Crippen molar-refractivity contribution in [2.24, 2.45) is 0 Å². The highest BCUT2D eigenvalue weighted by molar-refractivity contribution is 7.99. The normalized spacial score (nSPS) is 16.2. The molecule has 2 heterocycles. The lowest BCUT2D eigenvalue weighted by molar-refractivity contribution is -0.119. The van der Waals surface area contributed by atoms with E-state index in [0.29, 0.717) is 25.9 Å². The van der Waals surface area contributed by atoms with Gasteiger partial charge in [0.25, 0.3) is 0 Å². The van der Waals surface area contributed by atoms with E-state index in [1.54, 1.807) is 6.20 Å². The monoisotopic (exact) mass is 422 g/mol. The maximum Gasteiger partial charge on any atom is 0.230 e. The number of sulfonamides is 1. The van der Waals surface area contributed by atoms with E-state index in [2.05, 4.69) is 42.3 Å². The van der Waals surface area contributed by atoms with Gasteiger partial charge in [0.2, 0.25) is 15.9 Å². The minimum Gasteiger partial charge on any atom is -0.353 e. The Bertz CT molecular complexity index is 928. The van der Waals surface area contributed by atoms with Gasteiger partial charge >= 0.3 is 0 Å². The zero-order chi connectivity index (χ0) is 20.3. The van der Waals surface area contributed by atoms with Gasteiger partial charge in [0, 0.05) is 37.2 Å². The Morgan fingerprint density at radius 2 is 1.86 bits per heavy atom. The first-order valence-corrected chi connectivity index (χ1v) is 12.0. The molecule has 3 rings (SSSR count). The second kappa shape index (κ2) is 8.67. The number of nitrogens with one attached hydrogen (secondary N) is 1. The highest BCUT2D eigenvalue weighted by atomic mass is 32.2. The third kappa shape index (κ3) is 5.36. The van der Waals surface area contributed by atoms with Gasteiger partial charge in [0.1, 0.15) is 0 Å². The van der Waals surface area contributed by atoms with Gasteiger partial charge in [-0.25, -0.2) is 17.7 Å². The SMILES string of the molecule is Cc1cc(C)cc(-n2ccnc2SCC(=O)NC2CCN(S(C)(=O)=O)CC2)c1. The highest BCUT2D eigenvalue weighted by Crippen LogP contribution is 2.22. The van der Waals surface area contributed by atoms with Crippen LogP contribution in [0.5, 0.6) is 0 Å². The van der Waals surface area contributed by atoms with Crippen LogP contribution in [0.4, 0.5) is 0 Å². The van der Waals surface area contributed by atoms with Crippen LogP contribution in [-0.4, -0.2) is 59.3 Å². The maximum atomic E-state index is 12.3. The predicted molar refractivity (Wildman–Crippen MR) is 111 cm³/mol. The summed E-state index contributed by atoms with van der Waals surface area (Å²) in [5.74, 6) is 0.214. The van der Waals surface area contributed by atoms with E-state index in [1.807, 2.05) is 10.8 Å². The molecule has 1 aliphatic heterocycles. The Balaban J connectivity index is 1.54. The van der Waals surface area contributed by atoms with Crippen LogP contribution < -0.4 is 5.32 Å². The topological polar surface area (TPSA) is 84.3 Å². The van der Waals surface area contributed by atoms with E-state index >= 15 is 0 Å². The third-order valence-corrected chi connectivity index (χ3v) is 6.98. The first-order valence-electron chi connectivity index (χ1n) is 9.21. The second-order valence-electron chi connectivity index (χ2n) is 7.22. The summed E-state index contributed by atoms with van der Waals surface area (Å²) in [7, 11) is -3.15. The number of piperidine rings is 1. The minimum absolute atomic E-state index is 0.0188. The molecule has 1 fully saturated rings. The molecule has 28 heavy (non-hydrogen) atoms. The Morgan fingerprint density at radius 1 is 1.21 bits per heavy atom. The number of carbonyl (C=O) groups is 1. The molecule has 1 amide bonds. The summed E-state index contributed by atoms with van der Waals surface area (Å²) in [6.07, 6.45) is 6.13.